The fourth-order valence-corrected chi connectivity index (χ4v) is 4.28. The number of fused-ring (bicyclic) bond motifs is 1. The Balaban J connectivity index is 1.78. The topological polar surface area (TPSA) is 42.2 Å². The van der Waals surface area contributed by atoms with Crippen LogP contribution < -0.4 is 10.6 Å². The van der Waals surface area contributed by atoms with Gasteiger partial charge < -0.3 is 10.6 Å². The standard InChI is InChI=1S/C15H25N3S/c1-9-5-10(9)8-18(4)14-17-12-7-15(2,3)6-11(16)13(12)19-14/h9-11H,5-8,16H2,1-4H3. The molecule has 0 spiro atoms. The van der Waals surface area contributed by atoms with Crippen molar-refractivity contribution >= 4 is 16.5 Å². The van der Waals surface area contributed by atoms with Crippen LogP contribution in [0.5, 0.6) is 0 Å². The molecule has 4 heteroatoms. The summed E-state index contributed by atoms with van der Waals surface area (Å²) in [6, 6.07) is 0.179. The second-order valence-corrected chi connectivity index (χ2v) is 8.32. The van der Waals surface area contributed by atoms with E-state index in [4.69, 9.17) is 10.7 Å². The highest BCUT2D eigenvalue weighted by atomic mass is 32.1. The summed E-state index contributed by atoms with van der Waals surface area (Å²) in [5, 5.41) is 1.16. The first-order valence-electron chi connectivity index (χ1n) is 7.32. The van der Waals surface area contributed by atoms with Crippen molar-refractivity contribution in [1.29, 1.82) is 0 Å². The maximum Gasteiger partial charge on any atom is 0.185 e. The lowest BCUT2D eigenvalue weighted by Gasteiger charge is -2.32. The minimum atomic E-state index is 0.179. The maximum absolute atomic E-state index is 6.32. The maximum atomic E-state index is 6.32. The van der Waals surface area contributed by atoms with E-state index < -0.39 is 0 Å². The normalized spacial score (nSPS) is 31.9. The number of nitrogens with two attached hydrogens (primary N) is 1. The van der Waals surface area contributed by atoms with E-state index in [9.17, 15) is 0 Å². The van der Waals surface area contributed by atoms with Crippen LogP contribution in [0, 0.1) is 17.3 Å². The molecular weight excluding hydrogens is 254 g/mol. The van der Waals surface area contributed by atoms with E-state index in [-0.39, 0.29) is 6.04 Å². The summed E-state index contributed by atoms with van der Waals surface area (Å²) in [5.74, 6) is 1.77. The molecule has 3 nitrogen and oxygen atoms in total. The lowest BCUT2D eigenvalue weighted by atomic mass is 9.77. The van der Waals surface area contributed by atoms with E-state index in [2.05, 4.69) is 32.7 Å². The molecule has 3 unspecified atom stereocenters. The van der Waals surface area contributed by atoms with Crippen LogP contribution in [0.4, 0.5) is 5.13 Å². The second kappa shape index (κ2) is 4.45. The average Bonchev–Trinajstić information content (AvgIpc) is 2.82. The van der Waals surface area contributed by atoms with Gasteiger partial charge in [0, 0.05) is 24.5 Å². The molecule has 0 saturated heterocycles. The zero-order chi connectivity index (χ0) is 13.8. The van der Waals surface area contributed by atoms with Crippen molar-refractivity contribution in [2.75, 3.05) is 18.5 Å². The van der Waals surface area contributed by atoms with Gasteiger partial charge in [0.05, 0.1) is 5.69 Å². The molecular formula is C15H25N3S. The van der Waals surface area contributed by atoms with Crippen molar-refractivity contribution in [3.8, 4) is 0 Å². The van der Waals surface area contributed by atoms with E-state index in [1.807, 2.05) is 11.3 Å². The molecule has 0 bridgehead atoms. The number of rotatable bonds is 3. The third kappa shape index (κ3) is 2.65. The third-order valence-corrected chi connectivity index (χ3v) is 5.93. The van der Waals surface area contributed by atoms with Gasteiger partial charge in [0.15, 0.2) is 5.13 Å². The molecule has 0 radical (unpaired) electrons. The monoisotopic (exact) mass is 279 g/mol. The van der Waals surface area contributed by atoms with Crippen LogP contribution in [0.1, 0.15) is 50.2 Å². The molecule has 2 aliphatic rings. The molecule has 2 aliphatic carbocycles. The van der Waals surface area contributed by atoms with Crippen LogP contribution in [0.15, 0.2) is 0 Å². The zero-order valence-corrected chi connectivity index (χ0v) is 13.3. The van der Waals surface area contributed by atoms with Gasteiger partial charge in [0.1, 0.15) is 0 Å². The highest BCUT2D eigenvalue weighted by Gasteiger charge is 2.36. The van der Waals surface area contributed by atoms with Crippen LogP contribution in [0.25, 0.3) is 0 Å². The lowest BCUT2D eigenvalue weighted by molar-refractivity contribution is 0.282. The first-order chi connectivity index (χ1) is 8.85. The molecule has 3 rings (SSSR count). The summed E-state index contributed by atoms with van der Waals surface area (Å²) < 4.78 is 0. The average molecular weight is 279 g/mol. The summed E-state index contributed by atoms with van der Waals surface area (Å²) in [5.41, 5.74) is 7.87. The summed E-state index contributed by atoms with van der Waals surface area (Å²) >= 11 is 1.81. The Bertz CT molecular complexity index is 480. The van der Waals surface area contributed by atoms with Gasteiger partial charge in [0.2, 0.25) is 0 Å². The van der Waals surface area contributed by atoms with Gasteiger partial charge in [-0.2, -0.15) is 0 Å². The van der Waals surface area contributed by atoms with Gasteiger partial charge in [-0.1, -0.05) is 20.8 Å². The quantitative estimate of drug-likeness (QED) is 0.924. The third-order valence-electron chi connectivity index (χ3n) is 4.58. The fraction of sp³-hybridized carbons (Fsp3) is 0.800. The van der Waals surface area contributed by atoms with Crippen molar-refractivity contribution in [3.63, 3.8) is 0 Å². The van der Waals surface area contributed by atoms with E-state index >= 15 is 0 Å². The van der Waals surface area contributed by atoms with E-state index in [1.54, 1.807) is 0 Å². The Morgan fingerprint density at radius 3 is 2.79 bits per heavy atom. The predicted molar refractivity (Wildman–Crippen MR) is 81.7 cm³/mol. The summed E-state index contributed by atoms with van der Waals surface area (Å²) in [6.45, 7) is 8.07. The molecule has 0 aromatic carbocycles. The van der Waals surface area contributed by atoms with Crippen molar-refractivity contribution < 1.29 is 0 Å². The Morgan fingerprint density at radius 2 is 2.16 bits per heavy atom. The van der Waals surface area contributed by atoms with Crippen molar-refractivity contribution in [1.82, 2.24) is 4.98 Å². The summed E-state index contributed by atoms with van der Waals surface area (Å²) in [4.78, 5) is 8.52. The molecule has 3 atom stereocenters. The Morgan fingerprint density at radius 1 is 1.47 bits per heavy atom. The molecule has 1 fully saturated rings. The van der Waals surface area contributed by atoms with Gasteiger partial charge in [-0.15, -0.1) is 11.3 Å². The molecule has 2 N–H and O–H groups in total. The Hall–Kier alpha value is -0.610. The molecule has 106 valence electrons. The van der Waals surface area contributed by atoms with E-state index in [0.29, 0.717) is 5.41 Å². The van der Waals surface area contributed by atoms with Crippen LogP contribution in [-0.2, 0) is 6.42 Å². The molecule has 0 amide bonds. The minimum Gasteiger partial charge on any atom is -0.351 e. The van der Waals surface area contributed by atoms with Crippen molar-refractivity contribution in [2.45, 2.75) is 46.1 Å². The Kier molecular flexibility index (Phi) is 3.13. The number of aromatic nitrogens is 1. The number of anilines is 1. The van der Waals surface area contributed by atoms with E-state index in [0.717, 1.165) is 36.4 Å². The SMILES string of the molecule is CC1CC1CN(C)c1nc2c(s1)C(N)CC(C)(C)C2. The minimum absolute atomic E-state index is 0.179. The van der Waals surface area contributed by atoms with Crippen LogP contribution >= 0.6 is 11.3 Å². The van der Waals surface area contributed by atoms with Gasteiger partial charge in [-0.3, -0.25) is 0 Å². The zero-order valence-electron chi connectivity index (χ0n) is 12.4. The summed E-state index contributed by atoms with van der Waals surface area (Å²) in [7, 11) is 2.17. The van der Waals surface area contributed by atoms with Gasteiger partial charge in [-0.25, -0.2) is 4.98 Å². The molecule has 19 heavy (non-hydrogen) atoms. The predicted octanol–water partition coefficient (Wildman–Crippen LogP) is 3.21. The Labute approximate surface area is 120 Å². The number of hydrogen-bond donors (Lipinski definition) is 1. The lowest BCUT2D eigenvalue weighted by Crippen LogP contribution is -2.28. The fourth-order valence-electron chi connectivity index (χ4n) is 3.23. The highest BCUT2D eigenvalue weighted by Crippen LogP contribution is 2.44. The van der Waals surface area contributed by atoms with Gasteiger partial charge in [-0.05, 0) is 36.5 Å². The number of thiazole rings is 1. The number of nitrogens with zero attached hydrogens (tertiary/aromatic N) is 2. The first-order valence-corrected chi connectivity index (χ1v) is 8.14. The second-order valence-electron chi connectivity index (χ2n) is 7.31. The smallest absolute Gasteiger partial charge is 0.185 e. The van der Waals surface area contributed by atoms with Crippen LogP contribution in [-0.4, -0.2) is 18.6 Å². The molecule has 1 saturated carbocycles. The first kappa shape index (κ1) is 13.4. The number of hydrogen-bond acceptors (Lipinski definition) is 4. The molecule has 1 aromatic heterocycles. The van der Waals surface area contributed by atoms with E-state index in [1.165, 1.54) is 17.0 Å². The molecule has 1 aromatic rings. The van der Waals surface area contributed by atoms with Crippen LogP contribution in [0.2, 0.25) is 0 Å². The van der Waals surface area contributed by atoms with Gasteiger partial charge in [0.25, 0.3) is 0 Å². The van der Waals surface area contributed by atoms with Crippen molar-refractivity contribution in [3.05, 3.63) is 10.6 Å². The molecule has 1 heterocycles. The van der Waals surface area contributed by atoms with Gasteiger partial charge >= 0.3 is 0 Å². The summed E-state index contributed by atoms with van der Waals surface area (Å²) in [6.07, 6.45) is 3.52. The highest BCUT2D eigenvalue weighted by molar-refractivity contribution is 7.15. The van der Waals surface area contributed by atoms with Crippen molar-refractivity contribution in [2.24, 2.45) is 23.0 Å². The largest absolute Gasteiger partial charge is 0.351 e. The van der Waals surface area contributed by atoms with Crippen LogP contribution in [0.3, 0.4) is 0 Å². The molecule has 0 aliphatic heterocycles.